The molecular formula is C13H13NO2. The number of pyridine rings is 1. The van der Waals surface area contributed by atoms with Crippen molar-refractivity contribution < 1.29 is 4.74 Å². The molecule has 1 heterocycles. The Morgan fingerprint density at radius 3 is 2.19 bits per heavy atom. The van der Waals surface area contributed by atoms with Gasteiger partial charge < -0.3 is 9.30 Å². The van der Waals surface area contributed by atoms with E-state index in [0.717, 1.165) is 16.9 Å². The van der Waals surface area contributed by atoms with Gasteiger partial charge in [-0.25, -0.2) is 0 Å². The molecule has 3 nitrogen and oxygen atoms in total. The first-order valence-corrected chi connectivity index (χ1v) is 5.02. The average molecular weight is 215 g/mol. The van der Waals surface area contributed by atoms with Crippen LogP contribution in [-0.4, -0.2) is 11.7 Å². The van der Waals surface area contributed by atoms with Gasteiger partial charge in [0.25, 0.3) is 0 Å². The number of aromatic nitrogens is 1. The Kier molecular flexibility index (Phi) is 2.77. The Bertz CT molecular complexity index is 541. The number of hydrogen-bond donors (Lipinski definition) is 0. The largest absolute Gasteiger partial charge is 0.497 e. The highest BCUT2D eigenvalue weighted by Crippen LogP contribution is 2.20. The summed E-state index contributed by atoms with van der Waals surface area (Å²) in [6, 6.07) is 11.1. The molecule has 3 heteroatoms. The van der Waals surface area contributed by atoms with Crippen LogP contribution in [0.4, 0.5) is 0 Å². The normalized spacial score (nSPS) is 10.1. The summed E-state index contributed by atoms with van der Waals surface area (Å²) >= 11 is 0. The summed E-state index contributed by atoms with van der Waals surface area (Å²) in [4.78, 5) is 11.2. The van der Waals surface area contributed by atoms with E-state index in [-0.39, 0.29) is 5.56 Å². The average Bonchev–Trinajstić information content (AvgIpc) is 2.33. The number of methoxy groups -OCH3 is 1. The van der Waals surface area contributed by atoms with Crippen molar-refractivity contribution in [3.63, 3.8) is 0 Å². The van der Waals surface area contributed by atoms with Crippen molar-refractivity contribution in [2.45, 2.75) is 0 Å². The first-order valence-electron chi connectivity index (χ1n) is 5.02. The highest BCUT2D eigenvalue weighted by Gasteiger charge is 1.99. The lowest BCUT2D eigenvalue weighted by Crippen LogP contribution is -2.13. The van der Waals surface area contributed by atoms with E-state index in [1.54, 1.807) is 24.8 Å². The Balaban J connectivity index is 2.42. The summed E-state index contributed by atoms with van der Waals surface area (Å²) in [6.45, 7) is 0. The van der Waals surface area contributed by atoms with E-state index < -0.39 is 0 Å². The lowest BCUT2D eigenvalue weighted by atomic mass is 10.1. The van der Waals surface area contributed by atoms with E-state index >= 15 is 0 Å². The number of ether oxygens (including phenoxy) is 1. The van der Waals surface area contributed by atoms with Crippen molar-refractivity contribution >= 4 is 0 Å². The molecule has 0 aliphatic rings. The van der Waals surface area contributed by atoms with E-state index in [0.29, 0.717) is 0 Å². The van der Waals surface area contributed by atoms with E-state index in [1.807, 2.05) is 36.5 Å². The van der Waals surface area contributed by atoms with Crippen LogP contribution in [0.25, 0.3) is 11.1 Å². The molecule has 1 aromatic carbocycles. The maximum atomic E-state index is 11.2. The second kappa shape index (κ2) is 4.23. The molecule has 0 aliphatic heterocycles. The molecule has 0 N–H and O–H groups in total. The molecule has 16 heavy (non-hydrogen) atoms. The zero-order valence-corrected chi connectivity index (χ0v) is 9.31. The summed E-state index contributed by atoms with van der Waals surface area (Å²) in [6.07, 6.45) is 1.82. The van der Waals surface area contributed by atoms with Crippen LogP contribution in [0, 0.1) is 0 Å². The summed E-state index contributed by atoms with van der Waals surface area (Å²) in [7, 11) is 3.39. The lowest BCUT2D eigenvalue weighted by Gasteiger charge is -2.05. The van der Waals surface area contributed by atoms with Crippen LogP contribution >= 0.6 is 0 Å². The third kappa shape index (κ3) is 1.98. The second-order valence-electron chi connectivity index (χ2n) is 3.60. The third-order valence-electron chi connectivity index (χ3n) is 2.51. The highest BCUT2D eigenvalue weighted by molar-refractivity contribution is 5.63. The zero-order valence-electron chi connectivity index (χ0n) is 9.31. The summed E-state index contributed by atoms with van der Waals surface area (Å²) in [5.41, 5.74) is 2.08. The van der Waals surface area contributed by atoms with Gasteiger partial charge in [-0.1, -0.05) is 12.1 Å². The Labute approximate surface area is 93.9 Å². The molecular weight excluding hydrogens is 202 g/mol. The summed E-state index contributed by atoms with van der Waals surface area (Å²) < 4.78 is 6.66. The maximum absolute atomic E-state index is 11.2. The van der Waals surface area contributed by atoms with Crippen molar-refractivity contribution in [2.75, 3.05) is 7.11 Å². The SMILES string of the molecule is COc1ccc(-c2ccc(=O)n(C)c2)cc1. The van der Waals surface area contributed by atoms with Crippen molar-refractivity contribution in [2.24, 2.45) is 7.05 Å². The number of benzene rings is 1. The van der Waals surface area contributed by atoms with Crippen molar-refractivity contribution in [3.8, 4) is 16.9 Å². The van der Waals surface area contributed by atoms with E-state index in [9.17, 15) is 4.79 Å². The fraction of sp³-hybridized carbons (Fsp3) is 0.154. The van der Waals surface area contributed by atoms with Crippen molar-refractivity contribution in [1.82, 2.24) is 4.57 Å². The van der Waals surface area contributed by atoms with Gasteiger partial charge in [-0.2, -0.15) is 0 Å². The predicted octanol–water partition coefficient (Wildman–Crippen LogP) is 2.06. The van der Waals surface area contributed by atoms with Crippen LogP contribution < -0.4 is 10.3 Å². The molecule has 0 saturated carbocycles. The van der Waals surface area contributed by atoms with Crippen LogP contribution in [0.5, 0.6) is 5.75 Å². The molecule has 82 valence electrons. The van der Waals surface area contributed by atoms with Crippen molar-refractivity contribution in [1.29, 1.82) is 0 Å². The van der Waals surface area contributed by atoms with Gasteiger partial charge in [-0.05, 0) is 29.3 Å². The molecule has 2 aromatic rings. The van der Waals surface area contributed by atoms with Crippen LogP contribution in [-0.2, 0) is 7.05 Å². The van der Waals surface area contributed by atoms with Crippen LogP contribution in [0.1, 0.15) is 0 Å². The lowest BCUT2D eigenvalue weighted by molar-refractivity contribution is 0.415. The number of aryl methyl sites for hydroxylation is 1. The standard InChI is InChI=1S/C13H13NO2/c1-14-9-11(5-8-13(14)15)10-3-6-12(16-2)7-4-10/h3-9H,1-2H3. The molecule has 0 saturated heterocycles. The minimum atomic E-state index is -0.00254. The van der Waals surface area contributed by atoms with Gasteiger partial charge in [0.1, 0.15) is 5.75 Å². The maximum Gasteiger partial charge on any atom is 0.250 e. The van der Waals surface area contributed by atoms with Gasteiger partial charge in [0.05, 0.1) is 7.11 Å². The number of hydrogen-bond acceptors (Lipinski definition) is 2. The molecule has 0 unspecified atom stereocenters. The van der Waals surface area contributed by atoms with Gasteiger partial charge in [-0.3, -0.25) is 4.79 Å². The predicted molar refractivity (Wildman–Crippen MR) is 63.7 cm³/mol. The zero-order chi connectivity index (χ0) is 11.5. The van der Waals surface area contributed by atoms with Crippen LogP contribution in [0.2, 0.25) is 0 Å². The summed E-state index contributed by atoms with van der Waals surface area (Å²) in [5.74, 6) is 0.827. The van der Waals surface area contributed by atoms with Gasteiger partial charge in [0.2, 0.25) is 5.56 Å². The monoisotopic (exact) mass is 215 g/mol. The molecule has 0 atom stereocenters. The smallest absolute Gasteiger partial charge is 0.250 e. The van der Waals surface area contributed by atoms with E-state index in [1.165, 1.54) is 0 Å². The first-order chi connectivity index (χ1) is 7.70. The highest BCUT2D eigenvalue weighted by atomic mass is 16.5. The van der Waals surface area contributed by atoms with E-state index in [2.05, 4.69) is 0 Å². The topological polar surface area (TPSA) is 31.2 Å². The number of nitrogens with zero attached hydrogens (tertiary/aromatic N) is 1. The van der Waals surface area contributed by atoms with Crippen molar-refractivity contribution in [3.05, 3.63) is 52.9 Å². The minimum absolute atomic E-state index is 0.00254. The summed E-state index contributed by atoms with van der Waals surface area (Å²) in [5, 5.41) is 0. The Morgan fingerprint density at radius 2 is 1.62 bits per heavy atom. The third-order valence-corrected chi connectivity index (χ3v) is 2.51. The second-order valence-corrected chi connectivity index (χ2v) is 3.60. The Morgan fingerprint density at radius 1 is 1.00 bits per heavy atom. The fourth-order valence-electron chi connectivity index (χ4n) is 1.55. The van der Waals surface area contributed by atoms with E-state index in [4.69, 9.17) is 4.74 Å². The quantitative estimate of drug-likeness (QED) is 0.767. The molecule has 0 radical (unpaired) electrons. The minimum Gasteiger partial charge on any atom is -0.497 e. The number of rotatable bonds is 2. The van der Waals surface area contributed by atoms with Gasteiger partial charge >= 0.3 is 0 Å². The van der Waals surface area contributed by atoms with Gasteiger partial charge in [0.15, 0.2) is 0 Å². The molecule has 0 aliphatic carbocycles. The van der Waals surface area contributed by atoms with Gasteiger partial charge in [0, 0.05) is 19.3 Å². The van der Waals surface area contributed by atoms with Gasteiger partial charge in [-0.15, -0.1) is 0 Å². The molecule has 0 amide bonds. The molecule has 1 aromatic heterocycles. The van der Waals surface area contributed by atoms with Crippen LogP contribution in [0.15, 0.2) is 47.4 Å². The van der Waals surface area contributed by atoms with Crippen LogP contribution in [0.3, 0.4) is 0 Å². The molecule has 0 bridgehead atoms. The molecule has 0 fully saturated rings. The first kappa shape index (κ1) is 10.5. The molecule has 0 spiro atoms. The fourth-order valence-corrected chi connectivity index (χ4v) is 1.55. The molecule has 2 rings (SSSR count). The Hall–Kier alpha value is -2.03.